The quantitative estimate of drug-likeness (QED) is 0.758. The molecule has 1 N–H and O–H groups in total. The van der Waals surface area contributed by atoms with Crippen molar-refractivity contribution in [3.8, 4) is 0 Å². The number of sulfone groups is 1. The summed E-state index contributed by atoms with van der Waals surface area (Å²) in [7, 11) is -0.675. The fourth-order valence-electron chi connectivity index (χ4n) is 2.73. The minimum absolute atomic E-state index is 0.241. The zero-order valence-electron chi connectivity index (χ0n) is 10.1. The van der Waals surface area contributed by atoms with Gasteiger partial charge in [-0.2, -0.15) is 0 Å². The molecule has 2 saturated heterocycles. The van der Waals surface area contributed by atoms with Crippen LogP contribution in [0.5, 0.6) is 0 Å². The highest BCUT2D eigenvalue weighted by Crippen LogP contribution is 2.21. The van der Waals surface area contributed by atoms with E-state index in [2.05, 4.69) is 24.2 Å². The summed E-state index contributed by atoms with van der Waals surface area (Å²) in [6.45, 7) is 3.20. The normalized spacial score (nSPS) is 39.1. The molecule has 3 unspecified atom stereocenters. The van der Waals surface area contributed by atoms with Gasteiger partial charge in [0.2, 0.25) is 0 Å². The molecule has 0 amide bonds. The fraction of sp³-hybridized carbons (Fsp3) is 1.00. The summed E-state index contributed by atoms with van der Waals surface area (Å²) in [5.41, 5.74) is 0. The molecule has 2 rings (SSSR count). The number of hydrogen-bond donors (Lipinski definition) is 1. The maximum Gasteiger partial charge on any atom is 0.151 e. The largest absolute Gasteiger partial charge is 0.313 e. The Morgan fingerprint density at radius 3 is 2.44 bits per heavy atom. The Labute approximate surface area is 98.3 Å². The minimum Gasteiger partial charge on any atom is -0.313 e. The molecule has 0 aromatic carbocycles. The minimum atomic E-state index is -2.75. The molecule has 0 saturated carbocycles. The summed E-state index contributed by atoms with van der Waals surface area (Å²) in [6, 6.07) is 1.36. The van der Waals surface area contributed by atoms with Gasteiger partial charge >= 0.3 is 0 Å². The average molecular weight is 246 g/mol. The van der Waals surface area contributed by atoms with Gasteiger partial charge in [-0.05, 0) is 33.2 Å². The van der Waals surface area contributed by atoms with Crippen molar-refractivity contribution in [1.82, 2.24) is 10.2 Å². The van der Waals surface area contributed by atoms with Gasteiger partial charge in [0.1, 0.15) is 0 Å². The standard InChI is InChI=1S/C11H22N2O2S/c1-9-3-4-10(7-12-9)13(2)11-5-6-16(14,15)8-11/h9-12H,3-8H2,1-2H3. The van der Waals surface area contributed by atoms with Crippen LogP contribution in [0.2, 0.25) is 0 Å². The Morgan fingerprint density at radius 1 is 1.19 bits per heavy atom. The van der Waals surface area contributed by atoms with Crippen molar-refractivity contribution in [2.75, 3.05) is 25.1 Å². The van der Waals surface area contributed by atoms with Crippen LogP contribution in [0.25, 0.3) is 0 Å². The van der Waals surface area contributed by atoms with Gasteiger partial charge < -0.3 is 5.32 Å². The van der Waals surface area contributed by atoms with Crippen LogP contribution in [0.4, 0.5) is 0 Å². The summed E-state index contributed by atoms with van der Waals surface area (Å²) < 4.78 is 22.9. The number of rotatable bonds is 2. The molecule has 5 heteroatoms. The van der Waals surface area contributed by atoms with Crippen molar-refractivity contribution in [3.63, 3.8) is 0 Å². The molecule has 0 bridgehead atoms. The van der Waals surface area contributed by atoms with Crippen LogP contribution in [0, 0.1) is 0 Å². The van der Waals surface area contributed by atoms with Gasteiger partial charge in [0, 0.05) is 24.7 Å². The summed E-state index contributed by atoms with van der Waals surface area (Å²) in [5.74, 6) is 0.730. The smallest absolute Gasteiger partial charge is 0.151 e. The van der Waals surface area contributed by atoms with E-state index in [0.717, 1.165) is 13.0 Å². The topological polar surface area (TPSA) is 49.4 Å². The van der Waals surface area contributed by atoms with Crippen molar-refractivity contribution in [2.45, 2.75) is 44.3 Å². The van der Waals surface area contributed by atoms with Crippen molar-refractivity contribution < 1.29 is 8.42 Å². The van der Waals surface area contributed by atoms with E-state index in [-0.39, 0.29) is 6.04 Å². The molecule has 0 aliphatic carbocycles. The van der Waals surface area contributed by atoms with Gasteiger partial charge in [-0.25, -0.2) is 8.42 Å². The lowest BCUT2D eigenvalue weighted by Gasteiger charge is -2.37. The van der Waals surface area contributed by atoms with Gasteiger partial charge in [-0.3, -0.25) is 4.90 Å². The van der Waals surface area contributed by atoms with Crippen molar-refractivity contribution >= 4 is 9.84 Å². The van der Waals surface area contributed by atoms with Gasteiger partial charge in [-0.15, -0.1) is 0 Å². The van der Waals surface area contributed by atoms with E-state index in [0.29, 0.717) is 23.6 Å². The van der Waals surface area contributed by atoms with Crippen LogP contribution in [0.15, 0.2) is 0 Å². The van der Waals surface area contributed by atoms with Crippen molar-refractivity contribution in [3.05, 3.63) is 0 Å². The first-order valence-electron chi connectivity index (χ1n) is 6.14. The Morgan fingerprint density at radius 2 is 1.94 bits per heavy atom. The van der Waals surface area contributed by atoms with E-state index in [9.17, 15) is 8.42 Å². The van der Waals surface area contributed by atoms with Gasteiger partial charge in [0.25, 0.3) is 0 Å². The second-order valence-corrected chi connectivity index (χ2v) is 7.49. The molecule has 0 aromatic rings. The Kier molecular flexibility index (Phi) is 3.56. The van der Waals surface area contributed by atoms with Gasteiger partial charge in [0.05, 0.1) is 11.5 Å². The average Bonchev–Trinajstić information content (AvgIpc) is 2.59. The van der Waals surface area contributed by atoms with Crippen molar-refractivity contribution in [1.29, 1.82) is 0 Å². The zero-order valence-corrected chi connectivity index (χ0v) is 11.0. The monoisotopic (exact) mass is 246 g/mol. The molecular weight excluding hydrogens is 224 g/mol. The predicted octanol–water partition coefficient (Wildman–Crippen LogP) is 0.246. The fourth-order valence-corrected chi connectivity index (χ4v) is 4.51. The molecule has 0 radical (unpaired) electrons. The molecule has 4 nitrogen and oxygen atoms in total. The third-order valence-corrected chi connectivity index (χ3v) is 5.75. The first kappa shape index (κ1) is 12.3. The highest BCUT2D eigenvalue weighted by molar-refractivity contribution is 7.91. The van der Waals surface area contributed by atoms with E-state index in [1.807, 2.05) is 0 Å². The van der Waals surface area contributed by atoms with Gasteiger partial charge in [0.15, 0.2) is 9.84 Å². The molecule has 0 spiro atoms. The number of hydrogen-bond acceptors (Lipinski definition) is 4. The Balaban J connectivity index is 1.91. The van der Waals surface area contributed by atoms with E-state index in [1.54, 1.807) is 0 Å². The molecule has 94 valence electrons. The van der Waals surface area contributed by atoms with Crippen LogP contribution in [0.3, 0.4) is 0 Å². The summed E-state index contributed by atoms with van der Waals surface area (Å²) in [4.78, 5) is 2.28. The van der Waals surface area contributed by atoms with E-state index in [1.165, 1.54) is 12.8 Å². The SMILES string of the molecule is CC1CCC(N(C)C2CCS(=O)(=O)C2)CN1. The molecule has 0 aromatic heterocycles. The maximum absolute atomic E-state index is 11.4. The predicted molar refractivity (Wildman–Crippen MR) is 65.3 cm³/mol. The van der Waals surface area contributed by atoms with Crippen LogP contribution in [-0.4, -0.2) is 56.5 Å². The number of piperidine rings is 1. The molecule has 3 atom stereocenters. The molecular formula is C11H22N2O2S. The Bertz CT molecular complexity index is 334. The van der Waals surface area contributed by atoms with E-state index >= 15 is 0 Å². The van der Waals surface area contributed by atoms with Crippen LogP contribution in [0.1, 0.15) is 26.2 Å². The summed E-state index contributed by atoms with van der Waals surface area (Å²) in [5, 5.41) is 3.47. The summed E-state index contributed by atoms with van der Waals surface area (Å²) >= 11 is 0. The number of nitrogens with one attached hydrogen (secondary N) is 1. The molecule has 2 aliphatic rings. The lowest BCUT2D eigenvalue weighted by atomic mass is 9.99. The van der Waals surface area contributed by atoms with Crippen LogP contribution < -0.4 is 5.32 Å². The second kappa shape index (κ2) is 4.63. The van der Waals surface area contributed by atoms with E-state index < -0.39 is 9.84 Å². The van der Waals surface area contributed by atoms with Crippen LogP contribution >= 0.6 is 0 Å². The highest BCUT2D eigenvalue weighted by atomic mass is 32.2. The van der Waals surface area contributed by atoms with Crippen molar-refractivity contribution in [2.24, 2.45) is 0 Å². The van der Waals surface area contributed by atoms with Crippen LogP contribution in [-0.2, 0) is 9.84 Å². The lowest BCUT2D eigenvalue weighted by Crippen LogP contribution is -2.51. The highest BCUT2D eigenvalue weighted by Gasteiger charge is 2.34. The molecule has 2 aliphatic heterocycles. The second-order valence-electron chi connectivity index (χ2n) is 5.26. The number of likely N-dealkylation sites (N-methyl/N-ethyl adjacent to an activating group) is 1. The summed E-state index contributed by atoms with van der Waals surface area (Å²) in [6.07, 6.45) is 3.18. The lowest BCUT2D eigenvalue weighted by molar-refractivity contribution is 0.147. The Hall–Kier alpha value is -0.130. The zero-order chi connectivity index (χ0) is 11.8. The third-order valence-electron chi connectivity index (χ3n) is 4.00. The molecule has 2 heterocycles. The first-order valence-corrected chi connectivity index (χ1v) is 7.96. The molecule has 16 heavy (non-hydrogen) atoms. The van der Waals surface area contributed by atoms with Gasteiger partial charge in [-0.1, -0.05) is 0 Å². The number of nitrogens with zero attached hydrogens (tertiary/aromatic N) is 1. The first-order chi connectivity index (χ1) is 7.48. The third kappa shape index (κ3) is 2.76. The molecule has 2 fully saturated rings. The maximum atomic E-state index is 11.4. The van der Waals surface area contributed by atoms with E-state index in [4.69, 9.17) is 0 Å².